The topological polar surface area (TPSA) is 70.6 Å². The minimum absolute atomic E-state index is 0. The Kier molecular flexibility index (Phi) is 11.1. The van der Waals surface area contributed by atoms with Crippen LogP contribution in [0.3, 0.4) is 0 Å². The van der Waals surface area contributed by atoms with Gasteiger partial charge in [-0.15, -0.1) is 24.0 Å². The van der Waals surface area contributed by atoms with Gasteiger partial charge in [-0.25, -0.2) is 17.8 Å². The van der Waals surface area contributed by atoms with Gasteiger partial charge >= 0.3 is 0 Å². The number of nitrogens with one attached hydrogen (secondary N) is 2. The third kappa shape index (κ3) is 9.05. The summed E-state index contributed by atoms with van der Waals surface area (Å²) in [6, 6.07) is 12.7. The molecule has 178 valence electrons. The quantitative estimate of drug-likeness (QED) is 0.253. The van der Waals surface area contributed by atoms with Gasteiger partial charge in [0.05, 0.1) is 12.3 Å². The van der Waals surface area contributed by atoms with Crippen LogP contribution in [-0.2, 0) is 34.1 Å². The van der Waals surface area contributed by atoms with E-state index in [1.54, 1.807) is 0 Å². The highest BCUT2D eigenvalue weighted by atomic mass is 127. The predicted molar refractivity (Wildman–Crippen MR) is 142 cm³/mol. The Labute approximate surface area is 209 Å². The first-order valence-electron chi connectivity index (χ1n) is 10.6. The van der Waals surface area contributed by atoms with Crippen LogP contribution in [-0.4, -0.2) is 27.2 Å². The molecule has 0 saturated carbocycles. The molecule has 0 fully saturated rings. The van der Waals surface area contributed by atoms with Crippen LogP contribution in [0.2, 0.25) is 0 Å². The largest absolute Gasteiger partial charge is 0.357 e. The van der Waals surface area contributed by atoms with Crippen molar-refractivity contribution in [2.45, 2.75) is 58.4 Å². The summed E-state index contributed by atoms with van der Waals surface area (Å²) < 4.78 is 37.1. The van der Waals surface area contributed by atoms with Crippen LogP contribution in [0.1, 0.15) is 56.4 Å². The molecule has 0 radical (unpaired) electrons. The number of benzene rings is 2. The second kappa shape index (κ2) is 12.5. The minimum atomic E-state index is -3.22. The zero-order chi connectivity index (χ0) is 23.1. The highest BCUT2D eigenvalue weighted by Crippen LogP contribution is 2.26. The molecule has 32 heavy (non-hydrogen) atoms. The van der Waals surface area contributed by atoms with Gasteiger partial charge in [-0.05, 0) is 53.1 Å². The Morgan fingerprint density at radius 1 is 1.03 bits per heavy atom. The van der Waals surface area contributed by atoms with Gasteiger partial charge in [0.1, 0.15) is 5.82 Å². The number of halogens is 2. The van der Waals surface area contributed by atoms with Gasteiger partial charge in [0.2, 0.25) is 0 Å². The van der Waals surface area contributed by atoms with E-state index in [4.69, 9.17) is 0 Å². The van der Waals surface area contributed by atoms with Crippen LogP contribution in [0, 0.1) is 5.82 Å². The molecule has 2 aromatic rings. The van der Waals surface area contributed by atoms with Crippen LogP contribution in [0.4, 0.5) is 4.39 Å². The average molecular weight is 576 g/mol. The molecular weight excluding hydrogens is 540 g/mol. The highest BCUT2D eigenvalue weighted by molar-refractivity contribution is 14.0. The molecule has 0 aliphatic heterocycles. The standard InChI is InChI=1S/C24H34FN3O2S.HI/c1-6-24(3,4)21-11-8-18(9-12-21)15-27-23(26-7-2)28-16-20-14-22(25)13-10-19(20)17-31(5,29)30;/h8-14H,6-7,15-17H2,1-5H3,(H2,26,27,28);1H. The molecule has 0 aliphatic rings. The molecule has 5 nitrogen and oxygen atoms in total. The second-order valence-electron chi connectivity index (χ2n) is 8.47. The molecule has 0 bridgehead atoms. The molecule has 8 heteroatoms. The molecule has 0 amide bonds. The third-order valence-electron chi connectivity index (χ3n) is 5.42. The number of hydrogen-bond donors (Lipinski definition) is 2. The van der Waals surface area contributed by atoms with Gasteiger partial charge in [-0.2, -0.15) is 0 Å². The third-order valence-corrected chi connectivity index (χ3v) is 6.25. The van der Waals surface area contributed by atoms with Crippen LogP contribution in [0.25, 0.3) is 0 Å². The van der Waals surface area contributed by atoms with E-state index in [-0.39, 0.29) is 41.7 Å². The normalized spacial score (nSPS) is 12.2. The number of sulfone groups is 1. The molecular formula is C24H35FIN3O2S. The number of rotatable bonds is 9. The SMILES string of the molecule is CCNC(=NCc1ccc(C(C)(C)CC)cc1)NCc1cc(F)ccc1CS(C)(=O)=O.I. The van der Waals surface area contributed by atoms with Crippen LogP contribution in [0.15, 0.2) is 47.5 Å². The lowest BCUT2D eigenvalue weighted by atomic mass is 9.82. The van der Waals surface area contributed by atoms with E-state index in [9.17, 15) is 12.8 Å². The van der Waals surface area contributed by atoms with E-state index < -0.39 is 15.7 Å². The van der Waals surface area contributed by atoms with Crippen molar-refractivity contribution in [3.05, 3.63) is 70.5 Å². The van der Waals surface area contributed by atoms with Crippen molar-refractivity contribution in [2.24, 2.45) is 4.99 Å². The van der Waals surface area contributed by atoms with Crippen molar-refractivity contribution in [1.82, 2.24) is 10.6 Å². The van der Waals surface area contributed by atoms with Crippen molar-refractivity contribution in [2.75, 3.05) is 12.8 Å². The zero-order valence-electron chi connectivity index (χ0n) is 19.5. The number of hydrogen-bond acceptors (Lipinski definition) is 3. The van der Waals surface area contributed by atoms with Crippen LogP contribution < -0.4 is 10.6 Å². The van der Waals surface area contributed by atoms with Crippen molar-refractivity contribution in [3.63, 3.8) is 0 Å². The van der Waals surface area contributed by atoms with Gasteiger partial charge in [0.15, 0.2) is 15.8 Å². The van der Waals surface area contributed by atoms with Crippen molar-refractivity contribution < 1.29 is 12.8 Å². The van der Waals surface area contributed by atoms with Crippen LogP contribution >= 0.6 is 24.0 Å². The summed E-state index contributed by atoms with van der Waals surface area (Å²) in [5, 5.41) is 6.36. The lowest BCUT2D eigenvalue weighted by Crippen LogP contribution is -2.37. The molecule has 2 aromatic carbocycles. The van der Waals surface area contributed by atoms with E-state index in [1.165, 1.54) is 30.0 Å². The fourth-order valence-corrected chi connectivity index (χ4v) is 3.99. The van der Waals surface area contributed by atoms with Crippen molar-refractivity contribution in [1.29, 1.82) is 0 Å². The van der Waals surface area contributed by atoms with Gasteiger partial charge in [-0.1, -0.05) is 51.1 Å². The van der Waals surface area contributed by atoms with Crippen LogP contribution in [0.5, 0.6) is 0 Å². The molecule has 0 aromatic heterocycles. The molecule has 0 aliphatic carbocycles. The summed E-state index contributed by atoms with van der Waals surface area (Å²) in [6.45, 7) is 10.1. The van der Waals surface area contributed by atoms with Gasteiger partial charge in [0, 0.05) is 19.3 Å². The fourth-order valence-electron chi connectivity index (χ4n) is 3.14. The Hall–Kier alpha value is -1.68. The Morgan fingerprint density at radius 3 is 2.25 bits per heavy atom. The smallest absolute Gasteiger partial charge is 0.191 e. The summed E-state index contributed by atoms with van der Waals surface area (Å²) in [7, 11) is -3.22. The van der Waals surface area contributed by atoms with E-state index >= 15 is 0 Å². The molecule has 2 rings (SSSR count). The first kappa shape index (κ1) is 28.4. The van der Waals surface area contributed by atoms with E-state index in [1.807, 2.05) is 6.92 Å². The summed E-state index contributed by atoms with van der Waals surface area (Å²) in [5.41, 5.74) is 3.73. The molecule has 2 N–H and O–H groups in total. The zero-order valence-corrected chi connectivity index (χ0v) is 22.7. The Bertz CT molecular complexity index is 1010. The maximum Gasteiger partial charge on any atom is 0.191 e. The van der Waals surface area contributed by atoms with E-state index in [2.05, 4.69) is 60.7 Å². The summed E-state index contributed by atoms with van der Waals surface area (Å²) in [6.07, 6.45) is 2.24. The predicted octanol–water partition coefficient (Wildman–Crippen LogP) is 4.93. The maximum absolute atomic E-state index is 13.7. The van der Waals surface area contributed by atoms with Gasteiger partial charge in [0.25, 0.3) is 0 Å². The maximum atomic E-state index is 13.7. The molecule has 0 heterocycles. The highest BCUT2D eigenvalue weighted by Gasteiger charge is 2.17. The first-order valence-corrected chi connectivity index (χ1v) is 12.7. The molecule has 0 spiro atoms. The van der Waals surface area contributed by atoms with Crippen molar-refractivity contribution >= 4 is 39.8 Å². The second-order valence-corrected chi connectivity index (χ2v) is 10.6. The first-order chi connectivity index (χ1) is 14.5. The number of nitrogens with zero attached hydrogens (tertiary/aromatic N) is 1. The Balaban J connectivity index is 0.00000512. The minimum Gasteiger partial charge on any atom is -0.357 e. The monoisotopic (exact) mass is 575 g/mol. The summed E-state index contributed by atoms with van der Waals surface area (Å²) in [4.78, 5) is 4.62. The number of guanidine groups is 1. The van der Waals surface area contributed by atoms with E-state index in [0.29, 0.717) is 30.2 Å². The Morgan fingerprint density at radius 2 is 1.69 bits per heavy atom. The average Bonchev–Trinajstić information content (AvgIpc) is 2.71. The van der Waals surface area contributed by atoms with Gasteiger partial charge < -0.3 is 10.6 Å². The summed E-state index contributed by atoms with van der Waals surface area (Å²) >= 11 is 0. The van der Waals surface area contributed by atoms with Crippen molar-refractivity contribution in [3.8, 4) is 0 Å². The lowest BCUT2D eigenvalue weighted by molar-refractivity contribution is 0.506. The molecule has 0 saturated heterocycles. The van der Waals surface area contributed by atoms with E-state index in [0.717, 1.165) is 12.0 Å². The molecule has 0 atom stereocenters. The van der Waals surface area contributed by atoms with Gasteiger partial charge in [-0.3, -0.25) is 0 Å². The number of aliphatic imine (C=N–C) groups is 1. The summed E-state index contributed by atoms with van der Waals surface area (Å²) in [5.74, 6) is 0.0689. The molecule has 0 unspecified atom stereocenters. The fraction of sp³-hybridized carbons (Fsp3) is 0.458. The lowest BCUT2D eigenvalue weighted by Gasteiger charge is -2.23.